The van der Waals surface area contributed by atoms with Crippen molar-refractivity contribution >= 4 is 0 Å². The fourth-order valence-electron chi connectivity index (χ4n) is 1.75. The molecule has 0 amide bonds. The molecule has 0 fully saturated rings. The average molecular weight is 233 g/mol. The van der Waals surface area contributed by atoms with Crippen LogP contribution >= 0.6 is 0 Å². The summed E-state index contributed by atoms with van der Waals surface area (Å²) in [5, 5.41) is 13.0. The van der Waals surface area contributed by atoms with Crippen molar-refractivity contribution in [3.05, 3.63) is 48.6 Å². The summed E-state index contributed by atoms with van der Waals surface area (Å²) in [5.41, 5.74) is 1.26. The van der Waals surface area contributed by atoms with Crippen LogP contribution in [0.5, 0.6) is 0 Å². The van der Waals surface area contributed by atoms with Gasteiger partial charge in [-0.3, -0.25) is 0 Å². The monoisotopic (exact) mass is 233 g/mol. The molecule has 2 N–H and O–H groups in total. The van der Waals surface area contributed by atoms with Gasteiger partial charge < -0.3 is 10.4 Å². The standard InChI is InChI=1S/C15H23NO/c1-2-3-4-8-11-15(17)13-16-12-14-9-6-5-7-10-14/h2,5-7,9-10,15-17H,1,3-4,8,11-13H2/t15-/m0/s1. The smallest absolute Gasteiger partial charge is 0.0664 e. The minimum absolute atomic E-state index is 0.233. The van der Waals surface area contributed by atoms with E-state index in [4.69, 9.17) is 0 Å². The van der Waals surface area contributed by atoms with Crippen LogP contribution in [0.2, 0.25) is 0 Å². The van der Waals surface area contributed by atoms with Gasteiger partial charge in [-0.15, -0.1) is 6.58 Å². The van der Waals surface area contributed by atoms with Gasteiger partial charge in [-0.1, -0.05) is 42.8 Å². The Labute approximate surface area is 104 Å². The van der Waals surface area contributed by atoms with Crippen LogP contribution in [0.4, 0.5) is 0 Å². The molecule has 0 bridgehead atoms. The molecule has 0 aromatic heterocycles. The van der Waals surface area contributed by atoms with Gasteiger partial charge in [0.15, 0.2) is 0 Å². The summed E-state index contributed by atoms with van der Waals surface area (Å²) in [4.78, 5) is 0. The minimum atomic E-state index is -0.233. The maximum atomic E-state index is 9.74. The zero-order valence-electron chi connectivity index (χ0n) is 10.4. The summed E-state index contributed by atoms with van der Waals surface area (Å²) >= 11 is 0. The molecule has 1 aromatic carbocycles. The molecule has 1 aromatic rings. The van der Waals surface area contributed by atoms with Gasteiger partial charge in [-0.2, -0.15) is 0 Å². The van der Waals surface area contributed by atoms with Gasteiger partial charge in [0.05, 0.1) is 6.10 Å². The molecular weight excluding hydrogens is 210 g/mol. The fourth-order valence-corrected chi connectivity index (χ4v) is 1.75. The summed E-state index contributed by atoms with van der Waals surface area (Å²) < 4.78 is 0. The second-order valence-electron chi connectivity index (χ2n) is 4.34. The molecular formula is C15H23NO. The van der Waals surface area contributed by atoms with Gasteiger partial charge >= 0.3 is 0 Å². The molecule has 0 aliphatic heterocycles. The zero-order chi connectivity index (χ0) is 12.3. The second-order valence-corrected chi connectivity index (χ2v) is 4.34. The van der Waals surface area contributed by atoms with E-state index in [-0.39, 0.29) is 6.10 Å². The molecule has 17 heavy (non-hydrogen) atoms. The molecule has 0 radical (unpaired) electrons. The Balaban J connectivity index is 2.04. The molecule has 0 aliphatic rings. The lowest BCUT2D eigenvalue weighted by molar-refractivity contribution is 0.158. The molecule has 2 heteroatoms. The molecule has 0 unspecified atom stereocenters. The average Bonchev–Trinajstić information content (AvgIpc) is 2.36. The molecule has 1 rings (SSSR count). The van der Waals surface area contributed by atoms with Crippen molar-refractivity contribution in [2.24, 2.45) is 0 Å². The van der Waals surface area contributed by atoms with Gasteiger partial charge in [-0.25, -0.2) is 0 Å². The highest BCUT2D eigenvalue weighted by Crippen LogP contribution is 2.04. The molecule has 0 heterocycles. The van der Waals surface area contributed by atoms with Crippen molar-refractivity contribution in [1.29, 1.82) is 0 Å². The minimum Gasteiger partial charge on any atom is -0.392 e. The number of aliphatic hydroxyl groups excluding tert-OH is 1. The van der Waals surface area contributed by atoms with E-state index in [9.17, 15) is 5.11 Å². The van der Waals surface area contributed by atoms with Gasteiger partial charge in [0.25, 0.3) is 0 Å². The van der Waals surface area contributed by atoms with E-state index in [1.165, 1.54) is 5.56 Å². The number of hydrogen-bond acceptors (Lipinski definition) is 2. The van der Waals surface area contributed by atoms with Crippen LogP contribution in [0.3, 0.4) is 0 Å². The van der Waals surface area contributed by atoms with Gasteiger partial charge in [0.1, 0.15) is 0 Å². The Morgan fingerprint density at radius 3 is 2.71 bits per heavy atom. The molecule has 94 valence electrons. The molecule has 0 aliphatic carbocycles. The van der Waals surface area contributed by atoms with E-state index in [1.807, 2.05) is 24.3 Å². The van der Waals surface area contributed by atoms with Crippen molar-refractivity contribution in [2.75, 3.05) is 6.54 Å². The molecule has 2 nitrogen and oxygen atoms in total. The first-order valence-electron chi connectivity index (χ1n) is 6.36. The first-order chi connectivity index (χ1) is 8.33. The van der Waals surface area contributed by atoms with E-state index in [0.29, 0.717) is 6.54 Å². The number of nitrogens with one attached hydrogen (secondary N) is 1. The maximum absolute atomic E-state index is 9.74. The topological polar surface area (TPSA) is 32.3 Å². The van der Waals surface area contributed by atoms with Gasteiger partial charge in [0.2, 0.25) is 0 Å². The van der Waals surface area contributed by atoms with Gasteiger partial charge in [0, 0.05) is 13.1 Å². The maximum Gasteiger partial charge on any atom is 0.0664 e. The van der Waals surface area contributed by atoms with Gasteiger partial charge in [-0.05, 0) is 24.8 Å². The summed E-state index contributed by atoms with van der Waals surface area (Å²) in [6, 6.07) is 10.2. The zero-order valence-corrected chi connectivity index (χ0v) is 10.4. The van der Waals surface area contributed by atoms with Crippen molar-refractivity contribution in [1.82, 2.24) is 5.32 Å². The molecule has 1 atom stereocenters. The fraction of sp³-hybridized carbons (Fsp3) is 0.467. The van der Waals surface area contributed by atoms with E-state index >= 15 is 0 Å². The summed E-state index contributed by atoms with van der Waals surface area (Å²) in [7, 11) is 0. The van der Waals surface area contributed by atoms with Crippen molar-refractivity contribution in [2.45, 2.75) is 38.3 Å². The summed E-state index contributed by atoms with van der Waals surface area (Å²) in [5.74, 6) is 0. The number of allylic oxidation sites excluding steroid dienone is 1. The number of hydrogen-bond donors (Lipinski definition) is 2. The summed E-state index contributed by atoms with van der Waals surface area (Å²) in [6.45, 7) is 5.18. The summed E-state index contributed by atoms with van der Waals surface area (Å²) in [6.07, 6.45) is 5.81. The Hall–Kier alpha value is -1.12. The third-order valence-electron chi connectivity index (χ3n) is 2.75. The number of benzene rings is 1. The highest BCUT2D eigenvalue weighted by molar-refractivity contribution is 5.14. The van der Waals surface area contributed by atoms with Crippen LogP contribution in [-0.2, 0) is 6.54 Å². The van der Waals surface area contributed by atoms with Crippen LogP contribution < -0.4 is 5.32 Å². The number of unbranched alkanes of at least 4 members (excludes halogenated alkanes) is 2. The third kappa shape index (κ3) is 6.93. The third-order valence-corrected chi connectivity index (χ3v) is 2.75. The van der Waals surface area contributed by atoms with Crippen LogP contribution in [0.15, 0.2) is 43.0 Å². The number of rotatable bonds is 9. The highest BCUT2D eigenvalue weighted by atomic mass is 16.3. The van der Waals surface area contributed by atoms with Crippen LogP contribution in [0, 0.1) is 0 Å². The first kappa shape index (κ1) is 13.9. The van der Waals surface area contributed by atoms with E-state index in [2.05, 4.69) is 24.0 Å². The lowest BCUT2D eigenvalue weighted by atomic mass is 10.1. The predicted octanol–water partition coefficient (Wildman–Crippen LogP) is 2.88. The number of aliphatic hydroxyl groups is 1. The predicted molar refractivity (Wildman–Crippen MR) is 72.8 cm³/mol. The largest absolute Gasteiger partial charge is 0.392 e. The Kier molecular flexibility index (Phi) is 7.35. The molecule has 0 spiro atoms. The van der Waals surface area contributed by atoms with Crippen molar-refractivity contribution in [3.63, 3.8) is 0 Å². The quantitative estimate of drug-likeness (QED) is 0.508. The van der Waals surface area contributed by atoms with E-state index in [1.54, 1.807) is 0 Å². The normalized spacial score (nSPS) is 12.3. The van der Waals surface area contributed by atoms with E-state index < -0.39 is 0 Å². The molecule has 0 saturated heterocycles. The molecule has 0 saturated carbocycles. The van der Waals surface area contributed by atoms with Crippen molar-refractivity contribution in [3.8, 4) is 0 Å². The van der Waals surface area contributed by atoms with Crippen LogP contribution in [0.1, 0.15) is 31.2 Å². The Bertz CT molecular complexity index is 297. The van der Waals surface area contributed by atoms with Crippen LogP contribution in [-0.4, -0.2) is 17.8 Å². The van der Waals surface area contributed by atoms with E-state index in [0.717, 1.165) is 32.2 Å². The Morgan fingerprint density at radius 1 is 1.24 bits per heavy atom. The van der Waals surface area contributed by atoms with Crippen molar-refractivity contribution < 1.29 is 5.11 Å². The first-order valence-corrected chi connectivity index (χ1v) is 6.36. The lowest BCUT2D eigenvalue weighted by Gasteiger charge is -2.11. The Morgan fingerprint density at radius 2 is 2.00 bits per heavy atom. The lowest BCUT2D eigenvalue weighted by Crippen LogP contribution is -2.26. The van der Waals surface area contributed by atoms with Crippen LogP contribution in [0.25, 0.3) is 0 Å². The highest BCUT2D eigenvalue weighted by Gasteiger charge is 2.02. The second kappa shape index (κ2) is 8.97. The SMILES string of the molecule is C=CCCCC[C@H](O)CNCc1ccccc1.